The number of aliphatic hydroxyl groups is 1. The van der Waals surface area contributed by atoms with E-state index in [1.54, 1.807) is 27.3 Å². The summed E-state index contributed by atoms with van der Waals surface area (Å²) in [5.74, 6) is 8.42. The lowest BCUT2D eigenvalue weighted by atomic mass is 9.80. The molecule has 1 unspecified atom stereocenters. The predicted molar refractivity (Wildman–Crippen MR) is 203 cm³/mol. The first-order valence-corrected chi connectivity index (χ1v) is 17.9. The van der Waals surface area contributed by atoms with Crippen LogP contribution in [0.15, 0.2) is 95.6 Å². The molecule has 10 heteroatoms. The van der Waals surface area contributed by atoms with Gasteiger partial charge in [0.2, 0.25) is 0 Å². The average molecular weight is 709 g/mol. The van der Waals surface area contributed by atoms with E-state index >= 15 is 0 Å². The molecule has 276 valence electrons. The Balaban J connectivity index is 1.41. The van der Waals surface area contributed by atoms with Crippen molar-refractivity contribution in [3.63, 3.8) is 0 Å². The molecule has 3 aromatic carbocycles. The molecule has 3 aromatic rings. The zero-order valence-electron chi connectivity index (χ0n) is 31.3. The van der Waals surface area contributed by atoms with Crippen LogP contribution < -0.4 is 14.8 Å². The van der Waals surface area contributed by atoms with Crippen molar-refractivity contribution in [2.75, 3.05) is 33.9 Å². The van der Waals surface area contributed by atoms with Crippen LogP contribution in [0.1, 0.15) is 57.7 Å². The number of hydrogen-bond acceptors (Lipinski definition) is 7. The number of urea groups is 1. The van der Waals surface area contributed by atoms with Crippen LogP contribution in [0.3, 0.4) is 0 Å². The molecule has 0 aromatic heterocycles. The number of carbonyl (C=O) groups excluding carboxylic acids is 1. The zero-order chi connectivity index (χ0) is 37.3. The van der Waals surface area contributed by atoms with E-state index < -0.39 is 30.2 Å². The van der Waals surface area contributed by atoms with E-state index in [-0.39, 0.29) is 19.1 Å². The van der Waals surface area contributed by atoms with E-state index in [0.717, 1.165) is 29.8 Å². The molecule has 10 nitrogen and oxygen atoms in total. The van der Waals surface area contributed by atoms with Gasteiger partial charge < -0.3 is 34.3 Å². The van der Waals surface area contributed by atoms with E-state index in [0.29, 0.717) is 28.9 Å². The molecule has 2 N–H and O–H groups in total. The van der Waals surface area contributed by atoms with Crippen LogP contribution in [-0.2, 0) is 15.1 Å². The molecule has 0 saturated carbocycles. The summed E-state index contributed by atoms with van der Waals surface area (Å²) in [6.07, 6.45) is 0.693. The highest BCUT2D eigenvalue weighted by atomic mass is 16.6. The normalized spacial score (nSPS) is 20.5. The Kier molecular flexibility index (Phi) is 13.0. The molecule has 0 spiro atoms. The number of carbonyl (C=O) groups is 1. The van der Waals surface area contributed by atoms with Gasteiger partial charge in [-0.25, -0.2) is 9.79 Å². The summed E-state index contributed by atoms with van der Waals surface area (Å²) in [5.41, 5.74) is 2.16. The van der Waals surface area contributed by atoms with Gasteiger partial charge in [0.05, 0.1) is 38.8 Å². The number of ether oxygens (including phenoxy) is 4. The fraction of sp³-hybridized carbons (Fsp3) is 0.429. The summed E-state index contributed by atoms with van der Waals surface area (Å²) in [6.45, 7) is 12.2. The Morgan fingerprint density at radius 2 is 1.50 bits per heavy atom. The number of nitrogens with one attached hydrogen (secondary N) is 1. The second-order valence-corrected chi connectivity index (χ2v) is 14.0. The molecule has 1 saturated heterocycles. The molecule has 0 aliphatic carbocycles. The largest absolute Gasteiger partial charge is 0.497 e. The van der Waals surface area contributed by atoms with E-state index in [1.165, 1.54) is 4.90 Å². The maximum atomic E-state index is 13.6. The average Bonchev–Trinajstić information content (AvgIpc) is 3.51. The van der Waals surface area contributed by atoms with Gasteiger partial charge in [0.15, 0.2) is 6.17 Å². The molecule has 0 bridgehead atoms. The molecule has 5 rings (SSSR count). The zero-order valence-corrected chi connectivity index (χ0v) is 31.3. The first kappa shape index (κ1) is 38.4. The summed E-state index contributed by atoms with van der Waals surface area (Å²) in [6, 6.07) is 25.1. The molecule has 1 fully saturated rings. The lowest BCUT2D eigenvalue weighted by Crippen LogP contribution is -2.51. The third-order valence-corrected chi connectivity index (χ3v) is 9.07. The second-order valence-electron chi connectivity index (χ2n) is 14.0. The molecule has 2 aliphatic rings. The van der Waals surface area contributed by atoms with Gasteiger partial charge in [-0.2, -0.15) is 0 Å². The van der Waals surface area contributed by atoms with E-state index in [2.05, 4.69) is 49.8 Å². The van der Waals surface area contributed by atoms with Crippen molar-refractivity contribution in [2.45, 2.75) is 71.2 Å². The standard InChI is InChI=1S/C42H52N4O6/c1-8-12-31-26-46(41(48)44-40(31)43-28-45(24-29(2)3)25-30(4)5)39-23-37(47)38(52-39)27-51-42(32-13-10-9-11-14-32,33-15-19-35(49-6)20-16-33)34-17-21-36(50-7)22-18-34/h9-11,13-22,26,28-30,37-40,47H,23-25,27H2,1-7H3,(H,44,48)/t37-,38+,39+,40?/m0/s1. The number of amides is 2. The van der Waals surface area contributed by atoms with Crippen LogP contribution in [-0.4, -0.2) is 85.8 Å². The third kappa shape index (κ3) is 8.96. The number of aliphatic imine (C=N–C) groups is 1. The van der Waals surface area contributed by atoms with Crippen molar-refractivity contribution in [1.29, 1.82) is 0 Å². The Morgan fingerprint density at radius 3 is 2.02 bits per heavy atom. The van der Waals surface area contributed by atoms with Crippen molar-refractivity contribution in [2.24, 2.45) is 16.8 Å². The van der Waals surface area contributed by atoms with Crippen molar-refractivity contribution >= 4 is 12.4 Å². The topological polar surface area (TPSA) is 105 Å². The second kappa shape index (κ2) is 17.6. The van der Waals surface area contributed by atoms with E-state index in [9.17, 15) is 9.90 Å². The van der Waals surface area contributed by atoms with E-state index in [1.807, 2.05) is 85.2 Å². The van der Waals surface area contributed by atoms with Gasteiger partial charge in [-0.15, -0.1) is 5.92 Å². The maximum absolute atomic E-state index is 13.6. The van der Waals surface area contributed by atoms with Crippen LogP contribution in [0.5, 0.6) is 11.5 Å². The molecular weight excluding hydrogens is 656 g/mol. The van der Waals surface area contributed by atoms with Gasteiger partial charge in [0.25, 0.3) is 0 Å². The number of nitrogens with zero attached hydrogens (tertiary/aromatic N) is 3. The van der Waals surface area contributed by atoms with Crippen molar-refractivity contribution in [3.8, 4) is 23.3 Å². The molecule has 2 heterocycles. The summed E-state index contributed by atoms with van der Waals surface area (Å²) < 4.78 is 24.3. The molecule has 2 amide bonds. The lowest BCUT2D eigenvalue weighted by Gasteiger charge is -2.37. The highest BCUT2D eigenvalue weighted by molar-refractivity contribution is 5.79. The lowest BCUT2D eigenvalue weighted by molar-refractivity contribution is -0.0977. The molecule has 2 aliphatic heterocycles. The van der Waals surface area contributed by atoms with Crippen LogP contribution in [0.2, 0.25) is 0 Å². The molecule has 4 atom stereocenters. The van der Waals surface area contributed by atoms with Gasteiger partial charge in [0.1, 0.15) is 29.4 Å². The van der Waals surface area contributed by atoms with Crippen LogP contribution in [0, 0.1) is 23.7 Å². The fourth-order valence-corrected chi connectivity index (χ4v) is 6.71. The van der Waals surface area contributed by atoms with Crippen molar-refractivity contribution < 1.29 is 28.8 Å². The quantitative estimate of drug-likeness (QED) is 0.0817. The van der Waals surface area contributed by atoms with E-state index in [4.69, 9.17) is 23.9 Å². The maximum Gasteiger partial charge on any atom is 0.325 e. The predicted octanol–water partition coefficient (Wildman–Crippen LogP) is 6.39. The number of benzene rings is 3. The minimum atomic E-state index is -1.09. The van der Waals surface area contributed by atoms with Crippen LogP contribution in [0.4, 0.5) is 4.79 Å². The molecule has 0 radical (unpaired) electrons. The van der Waals surface area contributed by atoms with Crippen LogP contribution in [0.25, 0.3) is 0 Å². The summed E-state index contributed by atoms with van der Waals surface area (Å²) in [4.78, 5) is 21.9. The van der Waals surface area contributed by atoms with Crippen molar-refractivity contribution in [1.82, 2.24) is 15.1 Å². The van der Waals surface area contributed by atoms with Gasteiger partial charge in [0, 0.05) is 25.7 Å². The van der Waals surface area contributed by atoms with Gasteiger partial charge >= 0.3 is 6.03 Å². The van der Waals surface area contributed by atoms with Gasteiger partial charge in [-0.05, 0) is 59.7 Å². The Hall–Kier alpha value is -4.82. The first-order chi connectivity index (χ1) is 25.1. The number of rotatable bonds is 15. The van der Waals surface area contributed by atoms with Gasteiger partial charge in [-0.1, -0.05) is 88.2 Å². The highest BCUT2D eigenvalue weighted by Gasteiger charge is 2.44. The number of hydrogen-bond donors (Lipinski definition) is 2. The summed E-state index contributed by atoms with van der Waals surface area (Å²) in [5, 5.41) is 14.3. The first-order valence-electron chi connectivity index (χ1n) is 17.9. The molecule has 52 heavy (non-hydrogen) atoms. The summed E-state index contributed by atoms with van der Waals surface area (Å²) in [7, 11) is 3.26. The summed E-state index contributed by atoms with van der Waals surface area (Å²) >= 11 is 0. The Labute approximate surface area is 308 Å². The minimum Gasteiger partial charge on any atom is -0.497 e. The smallest absolute Gasteiger partial charge is 0.325 e. The van der Waals surface area contributed by atoms with Crippen molar-refractivity contribution in [3.05, 3.63) is 107 Å². The van der Waals surface area contributed by atoms with Crippen LogP contribution >= 0.6 is 0 Å². The highest BCUT2D eigenvalue weighted by Crippen LogP contribution is 2.42. The fourth-order valence-electron chi connectivity index (χ4n) is 6.71. The Morgan fingerprint density at radius 1 is 0.942 bits per heavy atom. The third-order valence-electron chi connectivity index (χ3n) is 9.07. The number of aliphatic hydroxyl groups excluding tert-OH is 1. The SMILES string of the molecule is CC#CC1=CN([C@H]2C[C@H](O)[C@@H](COC(c3ccccc3)(c3ccc(OC)cc3)c3ccc(OC)cc3)O2)C(=O)NC1N=CN(CC(C)C)CC(C)C. The monoisotopic (exact) mass is 708 g/mol. The molecular formula is C42H52N4O6. The number of methoxy groups -OCH3 is 2. The Bertz CT molecular complexity index is 1670. The van der Waals surface area contributed by atoms with Gasteiger partial charge in [-0.3, -0.25) is 4.90 Å². The minimum absolute atomic E-state index is 0.0276.